The van der Waals surface area contributed by atoms with Crippen molar-refractivity contribution in [2.75, 3.05) is 32.8 Å². The van der Waals surface area contributed by atoms with E-state index in [-0.39, 0.29) is 4.90 Å². The van der Waals surface area contributed by atoms with Crippen LogP contribution in [-0.4, -0.2) is 68.0 Å². The van der Waals surface area contributed by atoms with Crippen molar-refractivity contribution in [3.05, 3.63) is 48.5 Å². The second-order valence-corrected chi connectivity index (χ2v) is 12.4. The molecular weight excluding hydrogens is 481 g/mol. The molecule has 1 unspecified atom stereocenters. The molecule has 7 nitrogen and oxygen atoms in total. The van der Waals surface area contributed by atoms with Gasteiger partial charge in [0, 0.05) is 13.1 Å². The van der Waals surface area contributed by atoms with E-state index in [2.05, 4.69) is 4.90 Å². The number of amides is 1. The second-order valence-electron chi connectivity index (χ2n) is 10.5. The number of sulfonamides is 1. The van der Waals surface area contributed by atoms with Crippen LogP contribution in [0.5, 0.6) is 5.75 Å². The summed E-state index contributed by atoms with van der Waals surface area (Å²) in [6.07, 6.45) is 3.08. The Morgan fingerprint density at radius 2 is 1.58 bits per heavy atom. The van der Waals surface area contributed by atoms with Gasteiger partial charge in [-0.15, -0.1) is 0 Å². The normalized spacial score (nSPS) is 20.5. The van der Waals surface area contributed by atoms with Gasteiger partial charge in [0.2, 0.25) is 15.9 Å². The van der Waals surface area contributed by atoms with Crippen molar-refractivity contribution in [1.82, 2.24) is 9.21 Å². The van der Waals surface area contributed by atoms with Gasteiger partial charge in [-0.25, -0.2) is 12.8 Å². The fraction of sp³-hybridized carbons (Fsp3) is 0.519. The number of piperidine rings is 1. The van der Waals surface area contributed by atoms with E-state index in [0.717, 1.165) is 42.8 Å². The molecule has 36 heavy (non-hydrogen) atoms. The van der Waals surface area contributed by atoms with Crippen molar-refractivity contribution >= 4 is 15.9 Å². The Bertz CT molecular complexity index is 1140. The molecule has 2 aliphatic rings. The molecule has 4 rings (SSSR count). The molecule has 2 aromatic rings. The molecule has 2 N–H and O–H groups in total. The summed E-state index contributed by atoms with van der Waals surface area (Å²) in [4.78, 5) is 14.0. The van der Waals surface area contributed by atoms with Crippen molar-refractivity contribution in [3.63, 3.8) is 0 Å². The zero-order valence-electron chi connectivity index (χ0n) is 21.0. The van der Waals surface area contributed by atoms with E-state index in [4.69, 9.17) is 10.5 Å². The molecule has 196 valence electrons. The molecule has 0 bridgehead atoms. The number of halogens is 1. The monoisotopic (exact) mass is 517 g/mol. The number of rotatable bonds is 9. The van der Waals surface area contributed by atoms with Gasteiger partial charge in [0.1, 0.15) is 17.5 Å². The first-order valence-corrected chi connectivity index (χ1v) is 14.0. The van der Waals surface area contributed by atoms with Crippen LogP contribution in [0.1, 0.15) is 39.5 Å². The predicted molar refractivity (Wildman–Crippen MR) is 138 cm³/mol. The Kier molecular flexibility index (Phi) is 8.02. The van der Waals surface area contributed by atoms with Crippen molar-refractivity contribution in [3.8, 4) is 16.9 Å². The van der Waals surface area contributed by atoms with Gasteiger partial charge < -0.3 is 15.4 Å². The van der Waals surface area contributed by atoms with E-state index in [0.29, 0.717) is 38.5 Å². The summed E-state index contributed by atoms with van der Waals surface area (Å²) in [5.41, 5.74) is 6.06. The number of carbonyl (C=O) groups excluding carboxylic acids is 1. The molecule has 2 saturated heterocycles. The average molecular weight is 518 g/mol. The molecule has 0 radical (unpaired) electrons. The zero-order chi connectivity index (χ0) is 25.9. The summed E-state index contributed by atoms with van der Waals surface area (Å²) < 4.78 is 47.1. The number of benzene rings is 2. The van der Waals surface area contributed by atoms with Crippen LogP contribution < -0.4 is 10.5 Å². The maximum Gasteiger partial charge on any atom is 0.243 e. The lowest BCUT2D eigenvalue weighted by Gasteiger charge is -2.34. The minimum Gasteiger partial charge on any atom is -0.493 e. The number of likely N-dealkylation sites (tertiary alicyclic amines) is 1. The molecule has 2 aromatic carbocycles. The Morgan fingerprint density at radius 1 is 1.00 bits per heavy atom. The second kappa shape index (κ2) is 10.9. The topological polar surface area (TPSA) is 92.9 Å². The highest BCUT2D eigenvalue weighted by molar-refractivity contribution is 7.89. The van der Waals surface area contributed by atoms with Crippen LogP contribution in [0, 0.1) is 5.92 Å². The fourth-order valence-electron chi connectivity index (χ4n) is 5.07. The highest BCUT2D eigenvalue weighted by atomic mass is 32.2. The van der Waals surface area contributed by atoms with Crippen LogP contribution >= 0.6 is 0 Å². The van der Waals surface area contributed by atoms with E-state index < -0.39 is 27.6 Å². The number of nitrogens with zero attached hydrogens (tertiary/aromatic N) is 2. The summed E-state index contributed by atoms with van der Waals surface area (Å²) >= 11 is 0. The van der Waals surface area contributed by atoms with E-state index in [1.807, 2.05) is 24.3 Å². The van der Waals surface area contributed by atoms with Crippen LogP contribution in [0.15, 0.2) is 53.4 Å². The van der Waals surface area contributed by atoms with Crippen molar-refractivity contribution in [1.29, 1.82) is 0 Å². The maximum atomic E-state index is 13.9. The summed E-state index contributed by atoms with van der Waals surface area (Å²) in [6.45, 7) is 6.45. The summed E-state index contributed by atoms with van der Waals surface area (Å²) in [7, 11) is -3.78. The molecule has 0 aromatic heterocycles. The van der Waals surface area contributed by atoms with Crippen molar-refractivity contribution in [2.24, 2.45) is 11.7 Å². The van der Waals surface area contributed by atoms with E-state index in [1.165, 1.54) is 4.31 Å². The van der Waals surface area contributed by atoms with Crippen LogP contribution in [0.25, 0.3) is 11.1 Å². The number of carbonyl (C=O) groups is 1. The molecule has 9 heteroatoms. The SMILES string of the molecule is CC(C)(F)CN1CCC(COc2ccc(-c3ccc(S(=O)(=O)N4CCCC4C(N)=O)cc3)cc2)CC1. The maximum absolute atomic E-state index is 13.9. The van der Waals surface area contributed by atoms with Crippen molar-refractivity contribution in [2.45, 2.75) is 56.1 Å². The van der Waals surface area contributed by atoms with Crippen LogP contribution in [0.4, 0.5) is 4.39 Å². The largest absolute Gasteiger partial charge is 0.493 e. The van der Waals surface area contributed by atoms with Crippen LogP contribution in [0.2, 0.25) is 0 Å². The molecule has 1 atom stereocenters. The van der Waals surface area contributed by atoms with Gasteiger partial charge in [-0.2, -0.15) is 4.31 Å². The van der Waals surface area contributed by atoms with Gasteiger partial charge in [0.05, 0.1) is 11.5 Å². The average Bonchev–Trinajstić information content (AvgIpc) is 3.35. The van der Waals surface area contributed by atoms with Crippen LogP contribution in [0.3, 0.4) is 0 Å². The van der Waals surface area contributed by atoms with Gasteiger partial charge in [-0.05, 0) is 93.9 Å². The number of primary amides is 1. The van der Waals surface area contributed by atoms with Gasteiger partial charge in [-0.1, -0.05) is 24.3 Å². The van der Waals surface area contributed by atoms with Gasteiger partial charge in [0.25, 0.3) is 0 Å². The zero-order valence-corrected chi connectivity index (χ0v) is 21.8. The Hall–Kier alpha value is -2.49. The third-order valence-corrected chi connectivity index (χ3v) is 8.90. The Morgan fingerprint density at radius 3 is 2.14 bits per heavy atom. The molecule has 2 heterocycles. The van der Waals surface area contributed by atoms with E-state index >= 15 is 0 Å². The third-order valence-electron chi connectivity index (χ3n) is 6.97. The fourth-order valence-corrected chi connectivity index (χ4v) is 6.73. The van der Waals surface area contributed by atoms with Gasteiger partial charge in [0.15, 0.2) is 0 Å². The lowest BCUT2D eigenvalue weighted by Crippen LogP contribution is -2.43. The van der Waals surface area contributed by atoms with E-state index in [9.17, 15) is 17.6 Å². The minimum absolute atomic E-state index is 0.153. The lowest BCUT2D eigenvalue weighted by atomic mass is 9.97. The molecular formula is C27H36FN3O4S. The predicted octanol–water partition coefficient (Wildman–Crippen LogP) is 3.83. The molecule has 2 fully saturated rings. The van der Waals surface area contributed by atoms with Gasteiger partial charge in [-0.3, -0.25) is 4.79 Å². The highest BCUT2D eigenvalue weighted by Crippen LogP contribution is 2.29. The van der Waals surface area contributed by atoms with Crippen molar-refractivity contribution < 1.29 is 22.3 Å². The number of hydrogen-bond donors (Lipinski definition) is 1. The third kappa shape index (κ3) is 6.44. The summed E-state index contributed by atoms with van der Waals surface area (Å²) in [5, 5.41) is 0. The first-order valence-electron chi connectivity index (χ1n) is 12.6. The summed E-state index contributed by atoms with van der Waals surface area (Å²) in [5.74, 6) is 0.640. The van der Waals surface area contributed by atoms with E-state index in [1.54, 1.807) is 38.1 Å². The molecule has 2 aliphatic heterocycles. The minimum atomic E-state index is -3.78. The van der Waals surface area contributed by atoms with Gasteiger partial charge >= 0.3 is 0 Å². The molecule has 0 saturated carbocycles. The quantitative estimate of drug-likeness (QED) is 0.546. The number of ether oxygens (including phenoxy) is 1. The molecule has 1 amide bonds. The lowest BCUT2D eigenvalue weighted by molar-refractivity contribution is -0.121. The first-order chi connectivity index (χ1) is 17.0. The standard InChI is InChI=1S/C27H36FN3O4S/c1-27(2,28)19-30-16-13-20(14-17-30)18-35-23-9-5-21(6-10-23)22-7-11-24(12-8-22)36(33,34)31-15-3-4-25(31)26(29)32/h5-12,20,25H,3-4,13-19H2,1-2H3,(H2,29,32). The Labute approximate surface area is 213 Å². The number of hydrogen-bond acceptors (Lipinski definition) is 5. The molecule has 0 spiro atoms. The number of alkyl halides is 1. The smallest absolute Gasteiger partial charge is 0.243 e. The number of nitrogens with two attached hydrogens (primary N) is 1. The Balaban J connectivity index is 1.32. The molecule has 0 aliphatic carbocycles. The highest BCUT2D eigenvalue weighted by Gasteiger charge is 2.38. The summed E-state index contributed by atoms with van der Waals surface area (Å²) in [6, 6.07) is 13.6. The first kappa shape index (κ1) is 26.6. The van der Waals surface area contributed by atoms with Crippen LogP contribution in [-0.2, 0) is 14.8 Å².